The van der Waals surface area contributed by atoms with Crippen LogP contribution in [0.4, 0.5) is 4.39 Å². The van der Waals surface area contributed by atoms with Crippen molar-refractivity contribution in [3.05, 3.63) is 45.7 Å². The summed E-state index contributed by atoms with van der Waals surface area (Å²) < 4.78 is 13.6. The lowest BCUT2D eigenvalue weighted by atomic mass is 9.89. The molecule has 0 heterocycles. The van der Waals surface area contributed by atoms with Crippen molar-refractivity contribution in [3.8, 4) is 0 Å². The van der Waals surface area contributed by atoms with Gasteiger partial charge in [0.2, 0.25) is 0 Å². The maximum Gasteiger partial charge on any atom is 0.303 e. The van der Waals surface area contributed by atoms with Gasteiger partial charge in [0.1, 0.15) is 11.6 Å². The standard InChI is InChI=1S/C21H23Cl2FO4/c22-16-12-17(23)18(24)11-15(16)20(26)10-8-13-7-9-19(25)14(13)5-3-1-2-4-6-21(27)28/h8,10-14H,1-7,9H2,(H,27,28). The topological polar surface area (TPSA) is 71.4 Å². The molecule has 2 rings (SSSR count). The molecule has 1 saturated carbocycles. The first-order valence-corrected chi connectivity index (χ1v) is 10.2. The Morgan fingerprint density at radius 3 is 2.57 bits per heavy atom. The predicted molar refractivity (Wildman–Crippen MR) is 106 cm³/mol. The van der Waals surface area contributed by atoms with E-state index in [4.69, 9.17) is 28.3 Å². The second-order valence-corrected chi connectivity index (χ2v) is 7.91. The lowest BCUT2D eigenvalue weighted by molar-refractivity contribution is -0.137. The fraction of sp³-hybridized carbons (Fsp3) is 0.476. The molecule has 0 saturated heterocycles. The summed E-state index contributed by atoms with van der Waals surface area (Å²) in [5.41, 5.74) is 0.0409. The largest absolute Gasteiger partial charge is 0.481 e. The Morgan fingerprint density at radius 2 is 1.86 bits per heavy atom. The van der Waals surface area contributed by atoms with Gasteiger partial charge < -0.3 is 5.11 Å². The molecule has 2 atom stereocenters. The molecule has 0 aliphatic heterocycles. The highest BCUT2D eigenvalue weighted by atomic mass is 35.5. The van der Waals surface area contributed by atoms with E-state index in [1.807, 2.05) is 0 Å². The Labute approximate surface area is 173 Å². The monoisotopic (exact) mass is 428 g/mol. The molecule has 7 heteroatoms. The minimum absolute atomic E-state index is 0.0219. The Kier molecular flexibility index (Phi) is 8.64. The number of halogens is 3. The maximum atomic E-state index is 13.6. The van der Waals surface area contributed by atoms with Crippen molar-refractivity contribution in [1.82, 2.24) is 0 Å². The van der Waals surface area contributed by atoms with Gasteiger partial charge >= 0.3 is 5.97 Å². The lowest BCUT2D eigenvalue weighted by Crippen LogP contribution is -2.13. The van der Waals surface area contributed by atoms with Gasteiger partial charge in [-0.25, -0.2) is 4.39 Å². The molecule has 1 aromatic rings. The van der Waals surface area contributed by atoms with Gasteiger partial charge in [-0.2, -0.15) is 0 Å². The molecule has 1 aromatic carbocycles. The van der Waals surface area contributed by atoms with Crippen LogP contribution in [-0.4, -0.2) is 22.6 Å². The van der Waals surface area contributed by atoms with Gasteiger partial charge in [-0.3, -0.25) is 14.4 Å². The number of carbonyl (C=O) groups is 3. The number of unbranched alkanes of at least 4 members (excludes halogenated alkanes) is 3. The van der Waals surface area contributed by atoms with E-state index in [-0.39, 0.29) is 39.6 Å². The van der Waals surface area contributed by atoms with E-state index in [9.17, 15) is 18.8 Å². The van der Waals surface area contributed by atoms with E-state index in [0.717, 1.165) is 31.7 Å². The lowest BCUT2D eigenvalue weighted by Gasteiger charge is -2.14. The molecule has 0 aromatic heterocycles. The van der Waals surface area contributed by atoms with Crippen LogP contribution in [0.3, 0.4) is 0 Å². The minimum atomic E-state index is -0.790. The molecular formula is C21H23Cl2FO4. The molecule has 0 radical (unpaired) electrons. The molecule has 0 bridgehead atoms. The highest BCUT2D eigenvalue weighted by Crippen LogP contribution is 2.34. The molecule has 1 N–H and O–H groups in total. The third kappa shape index (κ3) is 6.42. The normalized spacial score (nSPS) is 19.5. The molecule has 1 fully saturated rings. The molecule has 0 amide bonds. The number of hydrogen-bond acceptors (Lipinski definition) is 3. The van der Waals surface area contributed by atoms with E-state index >= 15 is 0 Å². The van der Waals surface area contributed by atoms with E-state index in [2.05, 4.69) is 0 Å². The third-order valence-electron chi connectivity index (χ3n) is 5.08. The molecular weight excluding hydrogens is 406 g/mol. The van der Waals surface area contributed by atoms with Crippen molar-refractivity contribution in [2.45, 2.75) is 51.4 Å². The second kappa shape index (κ2) is 10.7. The maximum absolute atomic E-state index is 13.6. The van der Waals surface area contributed by atoms with Crippen molar-refractivity contribution in [2.24, 2.45) is 11.8 Å². The predicted octanol–water partition coefficient (Wildman–Crippen LogP) is 5.89. The van der Waals surface area contributed by atoms with Gasteiger partial charge in [0.15, 0.2) is 5.78 Å². The van der Waals surface area contributed by atoms with Gasteiger partial charge in [0.25, 0.3) is 0 Å². The van der Waals surface area contributed by atoms with Crippen LogP contribution in [0.25, 0.3) is 0 Å². The summed E-state index contributed by atoms with van der Waals surface area (Å²) in [5.74, 6) is -1.87. The first kappa shape index (κ1) is 22.6. The molecule has 1 aliphatic carbocycles. The fourth-order valence-corrected chi connectivity index (χ4v) is 4.02. The number of carbonyl (C=O) groups excluding carboxylic acids is 2. The average molecular weight is 429 g/mol. The summed E-state index contributed by atoms with van der Waals surface area (Å²) >= 11 is 11.6. The smallest absolute Gasteiger partial charge is 0.303 e. The van der Waals surface area contributed by atoms with Crippen molar-refractivity contribution in [1.29, 1.82) is 0 Å². The van der Waals surface area contributed by atoms with Crippen LogP contribution in [-0.2, 0) is 9.59 Å². The second-order valence-electron chi connectivity index (χ2n) is 7.09. The number of benzene rings is 1. The van der Waals surface area contributed by atoms with E-state index in [0.29, 0.717) is 19.3 Å². The molecule has 1 aliphatic rings. The fourth-order valence-electron chi connectivity index (χ4n) is 3.55. The number of allylic oxidation sites excluding steroid dienone is 2. The van der Waals surface area contributed by atoms with Crippen LogP contribution in [0.1, 0.15) is 61.7 Å². The quantitative estimate of drug-likeness (QED) is 0.218. The Hall–Kier alpha value is -1.72. The van der Waals surface area contributed by atoms with Gasteiger partial charge in [-0.1, -0.05) is 48.5 Å². The molecule has 152 valence electrons. The third-order valence-corrected chi connectivity index (χ3v) is 5.68. The van der Waals surface area contributed by atoms with Crippen LogP contribution < -0.4 is 0 Å². The van der Waals surface area contributed by atoms with Gasteiger partial charge in [-0.05, 0) is 43.4 Å². The summed E-state index contributed by atoms with van der Waals surface area (Å²) in [4.78, 5) is 35.0. The number of aliphatic carboxylic acids is 1. The van der Waals surface area contributed by atoms with Crippen LogP contribution >= 0.6 is 23.2 Å². The highest BCUT2D eigenvalue weighted by Gasteiger charge is 2.32. The molecule has 4 nitrogen and oxygen atoms in total. The number of carboxylic acid groups (broad SMARTS) is 1. The Morgan fingerprint density at radius 1 is 1.14 bits per heavy atom. The van der Waals surface area contributed by atoms with Crippen molar-refractivity contribution < 1.29 is 23.9 Å². The Bertz CT molecular complexity index is 776. The first-order valence-electron chi connectivity index (χ1n) is 9.41. The van der Waals surface area contributed by atoms with Crippen molar-refractivity contribution in [2.75, 3.05) is 0 Å². The number of Topliss-reactive ketones (excluding diaryl/α,β-unsaturated/α-hetero) is 1. The van der Waals surface area contributed by atoms with Crippen LogP contribution in [0.2, 0.25) is 10.0 Å². The molecule has 28 heavy (non-hydrogen) atoms. The number of rotatable bonds is 10. The summed E-state index contributed by atoms with van der Waals surface area (Å²) in [6, 6.07) is 2.22. The van der Waals surface area contributed by atoms with Crippen LogP contribution in [0.5, 0.6) is 0 Å². The summed E-state index contributed by atoms with van der Waals surface area (Å²) in [7, 11) is 0. The van der Waals surface area contributed by atoms with Crippen LogP contribution in [0, 0.1) is 17.7 Å². The zero-order valence-electron chi connectivity index (χ0n) is 15.4. The highest BCUT2D eigenvalue weighted by molar-refractivity contribution is 6.37. The summed E-state index contributed by atoms with van der Waals surface area (Å²) in [6.45, 7) is 0. The minimum Gasteiger partial charge on any atom is -0.481 e. The SMILES string of the molecule is O=C(O)CCCCCCC1C(=O)CCC1C=CC(=O)c1cc(F)c(Cl)cc1Cl. The van der Waals surface area contributed by atoms with Gasteiger partial charge in [-0.15, -0.1) is 0 Å². The average Bonchev–Trinajstić information content (AvgIpc) is 2.98. The summed E-state index contributed by atoms with van der Waals surface area (Å²) in [5, 5.41) is 8.57. The van der Waals surface area contributed by atoms with E-state index in [1.54, 1.807) is 6.08 Å². The van der Waals surface area contributed by atoms with E-state index < -0.39 is 17.6 Å². The van der Waals surface area contributed by atoms with Gasteiger partial charge in [0.05, 0.1) is 10.0 Å². The zero-order valence-corrected chi connectivity index (χ0v) is 16.9. The number of carboxylic acids is 1. The Balaban J connectivity index is 1.90. The number of ketones is 2. The van der Waals surface area contributed by atoms with Crippen LogP contribution in [0.15, 0.2) is 24.3 Å². The van der Waals surface area contributed by atoms with E-state index in [1.165, 1.54) is 12.1 Å². The van der Waals surface area contributed by atoms with Crippen molar-refractivity contribution in [3.63, 3.8) is 0 Å². The molecule has 2 unspecified atom stereocenters. The first-order chi connectivity index (χ1) is 13.3. The summed E-state index contributed by atoms with van der Waals surface area (Å²) in [6.07, 6.45) is 8.36. The van der Waals surface area contributed by atoms with Gasteiger partial charge in [0, 0.05) is 24.3 Å². The number of hydrogen-bond donors (Lipinski definition) is 1. The van der Waals surface area contributed by atoms with Crippen molar-refractivity contribution >= 4 is 40.7 Å². The zero-order chi connectivity index (χ0) is 20.7. The molecule has 0 spiro atoms.